The van der Waals surface area contributed by atoms with Crippen molar-refractivity contribution in [1.82, 2.24) is 4.90 Å². The minimum atomic E-state index is -4.25. The van der Waals surface area contributed by atoms with Crippen LogP contribution in [0.4, 0.5) is 18.9 Å². The number of hydrogen-bond donors (Lipinski definition) is 2. The van der Waals surface area contributed by atoms with Crippen LogP contribution in [0.5, 0.6) is 0 Å². The molecule has 0 saturated carbocycles. The Labute approximate surface area is 146 Å². The number of likely N-dealkylation sites (tertiary alicyclic amines) is 1. The maximum Gasteiger partial charge on any atom is 0.418 e. The summed E-state index contributed by atoms with van der Waals surface area (Å²) in [6.07, 6.45) is -0.939. The highest BCUT2D eigenvalue weighted by atomic mass is 19.4. The van der Waals surface area contributed by atoms with Crippen molar-refractivity contribution >= 4 is 5.69 Å². The van der Waals surface area contributed by atoms with Gasteiger partial charge >= 0.3 is 6.18 Å². The quantitative estimate of drug-likeness (QED) is 0.851. The highest BCUT2D eigenvalue weighted by Gasteiger charge is 2.34. The number of likely N-dealkylation sites (N-methyl/N-ethyl adjacent to an activating group) is 1. The lowest BCUT2D eigenvalue weighted by molar-refractivity contribution is -0.137. The molecule has 0 spiro atoms. The SMILES string of the molecule is CN1CCC(O)CC1CO.FC(F)(F)c1ccccc1N1CCCC1. The average Bonchev–Trinajstić information content (AvgIpc) is 3.11. The van der Waals surface area contributed by atoms with E-state index in [4.69, 9.17) is 5.11 Å². The molecule has 2 saturated heterocycles. The van der Waals surface area contributed by atoms with Crippen molar-refractivity contribution in [3.05, 3.63) is 29.8 Å². The number of piperidine rings is 1. The number of halogens is 3. The fourth-order valence-corrected chi connectivity index (χ4v) is 3.31. The first-order chi connectivity index (χ1) is 11.8. The Kier molecular flexibility index (Phi) is 7.10. The number of nitrogens with zero attached hydrogens (tertiary/aromatic N) is 2. The van der Waals surface area contributed by atoms with Crippen molar-refractivity contribution in [3.63, 3.8) is 0 Å². The Morgan fingerprint density at radius 3 is 2.32 bits per heavy atom. The highest BCUT2D eigenvalue weighted by molar-refractivity contribution is 5.55. The molecule has 2 N–H and O–H groups in total. The molecule has 2 atom stereocenters. The standard InChI is InChI=1S/C11H12F3N.C7H15NO2/c12-11(13,14)9-5-1-2-6-10(9)15-7-3-4-8-15;1-8-3-2-7(10)4-6(8)5-9/h1-2,5-6H,3-4,7-8H2;6-7,9-10H,2-5H2,1H3. The summed E-state index contributed by atoms with van der Waals surface area (Å²) < 4.78 is 38.0. The van der Waals surface area contributed by atoms with Crippen LogP contribution in [0.3, 0.4) is 0 Å². The third kappa shape index (κ3) is 5.59. The van der Waals surface area contributed by atoms with Crippen LogP contribution in [-0.4, -0.2) is 60.5 Å². The fraction of sp³-hybridized carbons (Fsp3) is 0.667. The fourth-order valence-electron chi connectivity index (χ4n) is 3.31. The molecule has 1 aromatic rings. The van der Waals surface area contributed by atoms with Gasteiger partial charge in [-0.15, -0.1) is 0 Å². The summed E-state index contributed by atoms with van der Waals surface area (Å²) in [4.78, 5) is 3.90. The zero-order chi connectivity index (χ0) is 18.4. The van der Waals surface area contributed by atoms with Gasteiger partial charge in [-0.05, 0) is 44.9 Å². The Hall–Kier alpha value is -1.31. The third-order valence-electron chi connectivity index (χ3n) is 4.85. The van der Waals surface area contributed by atoms with E-state index < -0.39 is 11.7 Å². The van der Waals surface area contributed by atoms with Gasteiger partial charge in [-0.1, -0.05) is 12.1 Å². The molecule has 142 valence electrons. The summed E-state index contributed by atoms with van der Waals surface area (Å²) >= 11 is 0. The number of para-hydroxylation sites is 1. The van der Waals surface area contributed by atoms with Gasteiger partial charge in [0.05, 0.1) is 18.3 Å². The van der Waals surface area contributed by atoms with Crippen molar-refractivity contribution in [2.24, 2.45) is 0 Å². The second kappa shape index (κ2) is 8.87. The normalized spacial score (nSPS) is 24.8. The molecule has 3 rings (SSSR count). The molecule has 25 heavy (non-hydrogen) atoms. The molecular formula is C18H27F3N2O2. The van der Waals surface area contributed by atoms with Gasteiger partial charge < -0.3 is 20.0 Å². The molecule has 7 heteroatoms. The van der Waals surface area contributed by atoms with E-state index in [0.29, 0.717) is 12.1 Å². The molecule has 4 nitrogen and oxygen atoms in total. The van der Waals surface area contributed by atoms with Crippen LogP contribution in [0.2, 0.25) is 0 Å². The van der Waals surface area contributed by atoms with Crippen molar-refractivity contribution in [2.75, 3.05) is 38.2 Å². The highest BCUT2D eigenvalue weighted by Crippen LogP contribution is 2.37. The summed E-state index contributed by atoms with van der Waals surface area (Å²) in [6.45, 7) is 2.51. The van der Waals surface area contributed by atoms with Gasteiger partial charge in [0, 0.05) is 31.4 Å². The predicted octanol–water partition coefficient (Wildman–Crippen LogP) is 2.74. The van der Waals surface area contributed by atoms with Crippen molar-refractivity contribution in [1.29, 1.82) is 0 Å². The number of anilines is 1. The van der Waals surface area contributed by atoms with Gasteiger partial charge in [0.2, 0.25) is 0 Å². The van der Waals surface area contributed by atoms with Crippen LogP contribution in [0.15, 0.2) is 24.3 Å². The van der Waals surface area contributed by atoms with E-state index in [1.165, 1.54) is 6.07 Å². The minimum absolute atomic E-state index is 0.160. The lowest BCUT2D eigenvalue weighted by Crippen LogP contribution is -2.43. The molecule has 0 bridgehead atoms. The Morgan fingerprint density at radius 1 is 1.12 bits per heavy atom. The van der Waals surface area contributed by atoms with E-state index in [1.807, 2.05) is 11.9 Å². The molecule has 2 aliphatic heterocycles. The van der Waals surface area contributed by atoms with E-state index >= 15 is 0 Å². The summed E-state index contributed by atoms with van der Waals surface area (Å²) in [7, 11) is 1.98. The number of aliphatic hydroxyl groups is 2. The first-order valence-electron chi connectivity index (χ1n) is 8.73. The van der Waals surface area contributed by atoms with Crippen LogP contribution in [0.25, 0.3) is 0 Å². The molecule has 2 aliphatic rings. The van der Waals surface area contributed by atoms with Crippen LogP contribution in [-0.2, 0) is 6.18 Å². The number of rotatable bonds is 2. The largest absolute Gasteiger partial charge is 0.418 e. The monoisotopic (exact) mass is 360 g/mol. The van der Waals surface area contributed by atoms with Crippen LogP contribution in [0.1, 0.15) is 31.2 Å². The summed E-state index contributed by atoms with van der Waals surface area (Å²) in [6, 6.07) is 5.95. The smallest absolute Gasteiger partial charge is 0.395 e. The predicted molar refractivity (Wildman–Crippen MR) is 91.6 cm³/mol. The van der Waals surface area contributed by atoms with Gasteiger partial charge in [0.1, 0.15) is 0 Å². The van der Waals surface area contributed by atoms with Crippen molar-refractivity contribution in [2.45, 2.75) is 44.0 Å². The Morgan fingerprint density at radius 2 is 1.76 bits per heavy atom. The van der Waals surface area contributed by atoms with Gasteiger partial charge in [-0.25, -0.2) is 0 Å². The topological polar surface area (TPSA) is 46.9 Å². The molecule has 0 aliphatic carbocycles. The second-order valence-corrected chi connectivity index (χ2v) is 6.70. The summed E-state index contributed by atoms with van der Waals surface area (Å²) in [5.74, 6) is 0. The first kappa shape index (κ1) is 20.0. The second-order valence-electron chi connectivity index (χ2n) is 6.70. The zero-order valence-corrected chi connectivity index (χ0v) is 14.5. The lowest BCUT2D eigenvalue weighted by Gasteiger charge is -2.33. The average molecular weight is 360 g/mol. The van der Waals surface area contributed by atoms with E-state index in [2.05, 4.69) is 4.90 Å². The summed E-state index contributed by atoms with van der Waals surface area (Å²) in [5, 5.41) is 18.0. The van der Waals surface area contributed by atoms with Gasteiger partial charge in [0.15, 0.2) is 0 Å². The Bertz CT molecular complexity index is 533. The summed E-state index contributed by atoms with van der Waals surface area (Å²) in [5.41, 5.74) is -0.200. The lowest BCUT2D eigenvalue weighted by atomic mass is 10.0. The molecule has 2 unspecified atom stereocenters. The molecule has 0 amide bonds. The molecule has 2 fully saturated rings. The van der Waals surface area contributed by atoms with E-state index in [1.54, 1.807) is 12.1 Å². The zero-order valence-electron chi connectivity index (χ0n) is 14.5. The third-order valence-corrected chi connectivity index (χ3v) is 4.85. The van der Waals surface area contributed by atoms with Crippen molar-refractivity contribution in [3.8, 4) is 0 Å². The molecule has 0 radical (unpaired) electrons. The van der Waals surface area contributed by atoms with Crippen molar-refractivity contribution < 1.29 is 23.4 Å². The molecular weight excluding hydrogens is 333 g/mol. The number of benzene rings is 1. The van der Waals surface area contributed by atoms with E-state index in [9.17, 15) is 18.3 Å². The Balaban J connectivity index is 0.000000196. The first-order valence-corrected chi connectivity index (χ1v) is 8.73. The maximum atomic E-state index is 12.7. The van der Waals surface area contributed by atoms with Gasteiger partial charge in [-0.2, -0.15) is 13.2 Å². The van der Waals surface area contributed by atoms with Crippen LogP contribution in [0, 0.1) is 0 Å². The van der Waals surface area contributed by atoms with Gasteiger partial charge in [-0.3, -0.25) is 0 Å². The maximum absolute atomic E-state index is 12.7. The number of hydrogen-bond acceptors (Lipinski definition) is 4. The van der Waals surface area contributed by atoms with E-state index in [-0.39, 0.29) is 18.8 Å². The molecule has 2 heterocycles. The molecule has 1 aromatic carbocycles. The van der Waals surface area contributed by atoms with Crippen LogP contribution < -0.4 is 4.90 Å². The number of aliphatic hydroxyl groups excluding tert-OH is 2. The molecule has 0 aromatic heterocycles. The van der Waals surface area contributed by atoms with Crippen LogP contribution >= 0.6 is 0 Å². The number of alkyl halides is 3. The minimum Gasteiger partial charge on any atom is -0.395 e. The van der Waals surface area contributed by atoms with E-state index in [0.717, 1.165) is 45.0 Å². The van der Waals surface area contributed by atoms with Gasteiger partial charge in [0.25, 0.3) is 0 Å².